The molecule has 8 heavy (non-hydrogen) atoms. The van der Waals surface area contributed by atoms with Crippen molar-refractivity contribution in [1.29, 1.82) is 0 Å². The molecule has 0 heterocycles. The van der Waals surface area contributed by atoms with Gasteiger partial charge in [0.1, 0.15) is 7.14 Å². The molecule has 0 bridgehead atoms. The van der Waals surface area contributed by atoms with Gasteiger partial charge < -0.3 is 4.57 Å². The van der Waals surface area contributed by atoms with Gasteiger partial charge in [-0.3, -0.25) is 0 Å². The van der Waals surface area contributed by atoms with Gasteiger partial charge in [-0.2, -0.15) is 0 Å². The van der Waals surface area contributed by atoms with E-state index in [-0.39, 0.29) is 11.2 Å². The number of halogens is 2. The first-order valence-electron chi connectivity index (χ1n) is 2.37. The van der Waals surface area contributed by atoms with Gasteiger partial charge in [0.25, 0.3) is 0 Å². The Morgan fingerprint density at radius 1 is 1.38 bits per heavy atom. The van der Waals surface area contributed by atoms with Crippen molar-refractivity contribution < 1.29 is 4.57 Å². The minimum atomic E-state index is -2.13. The zero-order valence-electron chi connectivity index (χ0n) is 4.73. The Labute approximate surface area is 59.7 Å². The predicted molar refractivity (Wildman–Crippen MR) is 39.6 cm³/mol. The van der Waals surface area contributed by atoms with Crippen LogP contribution in [0, 0.1) is 0 Å². The maximum Gasteiger partial charge on any atom is 0.115 e. The summed E-state index contributed by atoms with van der Waals surface area (Å²) in [5.74, 6) is 0. The molecular formula is C4H9Cl2OP. The minimum Gasteiger partial charge on any atom is -0.321 e. The minimum absolute atomic E-state index is 0.215. The van der Waals surface area contributed by atoms with Crippen LogP contribution >= 0.6 is 30.3 Å². The van der Waals surface area contributed by atoms with Crippen molar-refractivity contribution in [3.8, 4) is 0 Å². The van der Waals surface area contributed by atoms with E-state index in [1.165, 1.54) is 0 Å². The first-order chi connectivity index (χ1) is 3.68. The average Bonchev–Trinajstić information content (AvgIpc) is 1.87. The molecule has 0 aromatic carbocycles. The molecule has 0 fully saturated rings. The van der Waals surface area contributed by atoms with Crippen molar-refractivity contribution in [3.63, 3.8) is 0 Å². The van der Waals surface area contributed by atoms with Crippen LogP contribution in [0.1, 0.15) is 6.92 Å². The van der Waals surface area contributed by atoms with Gasteiger partial charge in [0.2, 0.25) is 0 Å². The van der Waals surface area contributed by atoms with Crippen molar-refractivity contribution in [2.75, 3.05) is 17.4 Å². The summed E-state index contributed by atoms with van der Waals surface area (Å²) in [6, 6.07) is 0. The van der Waals surface area contributed by atoms with Crippen LogP contribution in [-0.4, -0.2) is 17.4 Å². The zero-order valence-corrected chi connectivity index (χ0v) is 7.14. The Kier molecular flexibility index (Phi) is 4.14. The summed E-state index contributed by atoms with van der Waals surface area (Å²) in [6.45, 7) is 1.84. The molecule has 1 nitrogen and oxygen atoms in total. The summed E-state index contributed by atoms with van der Waals surface area (Å²) in [5.41, 5.74) is 0.431. The third-order valence-electron chi connectivity index (χ3n) is 1.01. The molecule has 0 aliphatic carbocycles. The molecule has 0 aromatic heterocycles. The highest BCUT2D eigenvalue weighted by atomic mass is 35.5. The van der Waals surface area contributed by atoms with Crippen molar-refractivity contribution in [3.05, 3.63) is 0 Å². The van der Waals surface area contributed by atoms with Crippen molar-refractivity contribution >= 4 is 30.3 Å². The first kappa shape index (κ1) is 8.81. The normalized spacial score (nSPS) is 11.9. The number of alkyl halides is 2. The van der Waals surface area contributed by atoms with Crippen LogP contribution in [0.25, 0.3) is 0 Å². The van der Waals surface area contributed by atoms with Gasteiger partial charge in [-0.05, 0) is 0 Å². The van der Waals surface area contributed by atoms with Crippen LogP contribution in [0.5, 0.6) is 0 Å². The molecule has 0 aliphatic heterocycles. The molecule has 0 radical (unpaired) electrons. The summed E-state index contributed by atoms with van der Waals surface area (Å²) in [4.78, 5) is 0. The molecular weight excluding hydrogens is 166 g/mol. The molecule has 0 spiro atoms. The molecule has 4 heteroatoms. The van der Waals surface area contributed by atoms with E-state index in [0.717, 1.165) is 0 Å². The van der Waals surface area contributed by atoms with Crippen molar-refractivity contribution in [2.45, 2.75) is 6.92 Å². The molecule has 0 rings (SSSR count). The smallest absolute Gasteiger partial charge is 0.115 e. The van der Waals surface area contributed by atoms with E-state index in [1.807, 2.05) is 6.92 Å². The summed E-state index contributed by atoms with van der Waals surface area (Å²) < 4.78 is 11.1. The summed E-state index contributed by atoms with van der Waals surface area (Å²) in [5, 5.41) is 0. The Hall–Kier alpha value is 0.810. The maximum atomic E-state index is 11.1. The van der Waals surface area contributed by atoms with E-state index in [1.54, 1.807) is 0 Å². The molecule has 0 saturated carbocycles. The van der Waals surface area contributed by atoms with Crippen molar-refractivity contribution in [1.82, 2.24) is 0 Å². The van der Waals surface area contributed by atoms with Gasteiger partial charge in [0.05, 0.1) is 11.2 Å². The number of hydrogen-bond acceptors (Lipinski definition) is 1. The molecule has 0 amide bonds. The lowest BCUT2D eigenvalue weighted by Crippen LogP contribution is -1.86. The third-order valence-corrected chi connectivity index (χ3v) is 5.65. The number of hydrogen-bond donors (Lipinski definition) is 0. The van der Waals surface area contributed by atoms with Crippen LogP contribution < -0.4 is 0 Å². The van der Waals surface area contributed by atoms with Crippen LogP contribution in [0.3, 0.4) is 0 Å². The lowest BCUT2D eigenvalue weighted by molar-refractivity contribution is 0.581. The maximum absolute atomic E-state index is 11.1. The Balaban J connectivity index is 3.79. The first-order valence-corrected chi connectivity index (χ1v) is 5.70. The molecule has 0 unspecified atom stereocenters. The Morgan fingerprint density at radius 2 is 1.75 bits per heavy atom. The molecule has 0 aromatic rings. The van der Waals surface area contributed by atoms with Gasteiger partial charge in [-0.1, -0.05) is 6.92 Å². The van der Waals surface area contributed by atoms with Gasteiger partial charge in [0.15, 0.2) is 0 Å². The Morgan fingerprint density at radius 3 is 1.75 bits per heavy atom. The second-order valence-electron chi connectivity index (χ2n) is 1.61. The van der Waals surface area contributed by atoms with E-state index < -0.39 is 7.14 Å². The van der Waals surface area contributed by atoms with Gasteiger partial charge in [0, 0.05) is 6.16 Å². The van der Waals surface area contributed by atoms with Crippen LogP contribution in [0.2, 0.25) is 0 Å². The summed E-state index contributed by atoms with van der Waals surface area (Å²) >= 11 is 10.7. The average molecular weight is 175 g/mol. The quantitative estimate of drug-likeness (QED) is 0.476. The fraction of sp³-hybridized carbons (Fsp3) is 1.00. The fourth-order valence-electron chi connectivity index (χ4n) is 0.201. The molecule has 0 N–H and O–H groups in total. The third kappa shape index (κ3) is 2.39. The number of rotatable bonds is 3. The topological polar surface area (TPSA) is 17.1 Å². The van der Waals surface area contributed by atoms with Crippen LogP contribution in [0.4, 0.5) is 0 Å². The lowest BCUT2D eigenvalue weighted by Gasteiger charge is -2.05. The van der Waals surface area contributed by atoms with Crippen molar-refractivity contribution in [2.24, 2.45) is 0 Å². The predicted octanol–water partition coefficient (Wildman–Crippen LogP) is 2.76. The van der Waals surface area contributed by atoms with E-state index in [0.29, 0.717) is 6.16 Å². The van der Waals surface area contributed by atoms with E-state index in [4.69, 9.17) is 23.2 Å². The monoisotopic (exact) mass is 174 g/mol. The summed E-state index contributed by atoms with van der Waals surface area (Å²) in [7, 11) is -2.13. The van der Waals surface area contributed by atoms with Gasteiger partial charge >= 0.3 is 0 Å². The van der Waals surface area contributed by atoms with E-state index in [2.05, 4.69) is 0 Å². The second kappa shape index (κ2) is 3.76. The standard InChI is InChI=1S/C4H9Cl2OP/c1-2-8(7,3-5)4-6/h2-4H2,1H3. The summed E-state index contributed by atoms with van der Waals surface area (Å²) in [6.07, 6.45) is 0.611. The highest BCUT2D eigenvalue weighted by Gasteiger charge is 2.15. The van der Waals surface area contributed by atoms with Gasteiger partial charge in [-0.25, -0.2) is 0 Å². The largest absolute Gasteiger partial charge is 0.321 e. The molecule has 50 valence electrons. The van der Waals surface area contributed by atoms with Crippen LogP contribution in [0.15, 0.2) is 0 Å². The van der Waals surface area contributed by atoms with Gasteiger partial charge in [-0.15, -0.1) is 23.2 Å². The second-order valence-corrected chi connectivity index (χ2v) is 6.27. The zero-order chi connectivity index (χ0) is 6.62. The van der Waals surface area contributed by atoms with E-state index in [9.17, 15) is 4.57 Å². The molecule has 0 aliphatic rings. The van der Waals surface area contributed by atoms with E-state index >= 15 is 0 Å². The highest BCUT2D eigenvalue weighted by Crippen LogP contribution is 2.46. The SMILES string of the molecule is CCP(=O)(CCl)CCl. The molecule has 0 atom stereocenters. The van der Waals surface area contributed by atoms with Crippen LogP contribution in [-0.2, 0) is 4.57 Å². The fourth-order valence-corrected chi connectivity index (χ4v) is 2.38. The highest BCUT2D eigenvalue weighted by molar-refractivity contribution is 7.66. The molecule has 0 saturated heterocycles. The lowest BCUT2D eigenvalue weighted by atomic mass is 11.0. The Bertz CT molecular complexity index is 85.2.